The second-order valence-electron chi connectivity index (χ2n) is 14.4. The van der Waals surface area contributed by atoms with Gasteiger partial charge in [0, 0.05) is 38.9 Å². The average Bonchev–Trinajstić information content (AvgIpc) is 3.82. The first-order valence-corrected chi connectivity index (χ1v) is 19.0. The molecule has 0 radical (unpaired) electrons. The Labute approximate surface area is 343 Å². The smallest absolute Gasteiger partial charge is 0.0998 e. The van der Waals surface area contributed by atoms with E-state index in [1.807, 2.05) is 79.0 Å². The van der Waals surface area contributed by atoms with Crippen LogP contribution in [0, 0.1) is 56.7 Å². The van der Waals surface area contributed by atoms with Gasteiger partial charge in [0.2, 0.25) is 0 Å². The third kappa shape index (κ3) is 5.45. The molecule has 0 aliphatic heterocycles. The van der Waals surface area contributed by atoms with E-state index >= 15 is 0 Å². The lowest BCUT2D eigenvalue weighted by Crippen LogP contribution is -2.02. The molecular formula is C52H26N8. The lowest BCUT2D eigenvalue weighted by molar-refractivity contribution is 1.13. The fraction of sp³-hybridized carbons (Fsp3) is 0. The summed E-state index contributed by atoms with van der Waals surface area (Å²) in [6, 6.07) is 57.9. The molecule has 0 unspecified atom stereocenters. The van der Waals surface area contributed by atoms with E-state index in [2.05, 4.69) is 93.0 Å². The number of aromatic nitrogens is 3. The lowest BCUT2D eigenvalue weighted by Gasteiger charge is -2.18. The monoisotopic (exact) mass is 762 g/mol. The average molecular weight is 763 g/mol. The molecule has 0 atom stereocenters. The van der Waals surface area contributed by atoms with Crippen molar-refractivity contribution in [1.29, 1.82) is 26.3 Å². The van der Waals surface area contributed by atoms with Crippen molar-refractivity contribution in [2.24, 2.45) is 0 Å². The summed E-state index contributed by atoms with van der Waals surface area (Å²) in [6.45, 7) is 0. The van der Waals surface area contributed by atoms with Crippen molar-refractivity contribution in [2.45, 2.75) is 0 Å². The molecule has 0 N–H and O–H groups in total. The topological polar surface area (TPSA) is 142 Å². The number of rotatable bonds is 5. The zero-order chi connectivity index (χ0) is 40.9. The molecule has 7 aromatic carbocycles. The summed E-state index contributed by atoms with van der Waals surface area (Å²) < 4.78 is 4.41. The molecule has 0 spiro atoms. The number of para-hydroxylation sites is 2. The molecule has 10 rings (SSSR count). The van der Waals surface area contributed by atoms with Crippen molar-refractivity contribution in [3.63, 3.8) is 0 Å². The molecule has 0 bridgehead atoms. The summed E-state index contributed by atoms with van der Waals surface area (Å²) in [7, 11) is 0. The highest BCUT2D eigenvalue weighted by molar-refractivity contribution is 6.13. The van der Waals surface area contributed by atoms with Gasteiger partial charge in [0.25, 0.3) is 0 Å². The molecule has 0 saturated heterocycles. The predicted octanol–water partition coefficient (Wildman–Crippen LogP) is 11.6. The number of fused-ring (bicyclic) bond motifs is 6. The molecule has 3 aromatic heterocycles. The molecule has 0 aliphatic carbocycles. The molecule has 0 fully saturated rings. The lowest BCUT2D eigenvalue weighted by atomic mass is 9.97. The summed E-state index contributed by atoms with van der Waals surface area (Å²) in [5.41, 5.74) is 12.6. The molecule has 8 heteroatoms. The van der Waals surface area contributed by atoms with Crippen molar-refractivity contribution >= 4 is 43.6 Å². The van der Waals surface area contributed by atoms with Crippen molar-refractivity contribution in [1.82, 2.24) is 14.1 Å². The van der Waals surface area contributed by atoms with E-state index in [4.69, 9.17) is 0 Å². The standard InChI is InChI=1S/C52H26N8/c53-26-32-9-14-39(37(21-32)29-56)35-12-17-49-45(24-35)41-5-1-3-7-47(41)59(49)51-23-34(28-55)11-16-43(51)44-19-20-58-31-52(44)60-48-8-4-2-6-42(48)46-25-36(13-18-50(46)60)40-15-10-33(27-54)22-38(40)30-57/h1-25,31H. The summed E-state index contributed by atoms with van der Waals surface area (Å²) in [4.78, 5) is 4.65. The maximum atomic E-state index is 10.3. The molecule has 10 aromatic rings. The quantitative estimate of drug-likeness (QED) is 0.171. The van der Waals surface area contributed by atoms with Gasteiger partial charge in [-0.2, -0.15) is 26.3 Å². The minimum absolute atomic E-state index is 0.425. The maximum Gasteiger partial charge on any atom is 0.0998 e. The highest BCUT2D eigenvalue weighted by Crippen LogP contribution is 2.42. The van der Waals surface area contributed by atoms with E-state index in [0.717, 1.165) is 88.4 Å². The number of pyridine rings is 1. The zero-order valence-electron chi connectivity index (χ0n) is 31.6. The molecule has 0 aliphatic rings. The van der Waals surface area contributed by atoms with Crippen LogP contribution in [0.1, 0.15) is 27.8 Å². The van der Waals surface area contributed by atoms with Crippen LogP contribution in [0.25, 0.3) is 88.4 Å². The van der Waals surface area contributed by atoms with Gasteiger partial charge in [-0.3, -0.25) is 4.98 Å². The van der Waals surface area contributed by atoms with Crippen molar-refractivity contribution in [3.8, 4) is 75.1 Å². The minimum Gasteiger partial charge on any atom is -0.309 e. The zero-order valence-corrected chi connectivity index (χ0v) is 31.6. The fourth-order valence-electron chi connectivity index (χ4n) is 8.52. The maximum absolute atomic E-state index is 10.3. The van der Waals surface area contributed by atoms with Gasteiger partial charge in [0.15, 0.2) is 0 Å². The number of benzene rings is 7. The van der Waals surface area contributed by atoms with Crippen LogP contribution in [0.3, 0.4) is 0 Å². The SMILES string of the molecule is N#Cc1ccc(-c2ccc3c(c2)c2ccccc2n3-c2cnccc2-c2ccc(C#N)cc2-n2c3ccccc3c3cc(-c4ccc(C#N)cc4C#N)ccc32)c(C#N)c1. The van der Waals surface area contributed by atoms with Crippen LogP contribution in [0.5, 0.6) is 0 Å². The van der Waals surface area contributed by atoms with E-state index in [1.165, 1.54) is 0 Å². The molecular weight excluding hydrogens is 737 g/mol. The molecule has 0 saturated carbocycles. The molecule has 0 amide bonds. The fourth-order valence-corrected chi connectivity index (χ4v) is 8.52. The van der Waals surface area contributed by atoms with E-state index in [0.29, 0.717) is 27.8 Å². The van der Waals surface area contributed by atoms with Crippen molar-refractivity contribution in [3.05, 3.63) is 186 Å². The van der Waals surface area contributed by atoms with Gasteiger partial charge >= 0.3 is 0 Å². The summed E-state index contributed by atoms with van der Waals surface area (Å²) in [5.74, 6) is 0. The second kappa shape index (κ2) is 14.0. The van der Waals surface area contributed by atoms with E-state index in [9.17, 15) is 26.3 Å². The molecule has 60 heavy (non-hydrogen) atoms. The Balaban J connectivity index is 1.20. The first kappa shape index (κ1) is 35.2. The van der Waals surface area contributed by atoms with Gasteiger partial charge in [-0.05, 0) is 101 Å². The van der Waals surface area contributed by atoms with Crippen LogP contribution in [0.15, 0.2) is 158 Å². The number of nitriles is 5. The molecule has 3 heterocycles. The van der Waals surface area contributed by atoms with Gasteiger partial charge in [-0.25, -0.2) is 0 Å². The van der Waals surface area contributed by atoms with Crippen LogP contribution >= 0.6 is 0 Å². The van der Waals surface area contributed by atoms with Crippen LogP contribution < -0.4 is 0 Å². The predicted molar refractivity (Wildman–Crippen MR) is 233 cm³/mol. The number of hydrogen-bond acceptors (Lipinski definition) is 6. The molecule has 274 valence electrons. The van der Waals surface area contributed by atoms with Gasteiger partial charge in [0.1, 0.15) is 0 Å². The Bertz CT molecular complexity index is 3680. The van der Waals surface area contributed by atoms with E-state index in [-0.39, 0.29) is 0 Å². The van der Waals surface area contributed by atoms with Crippen LogP contribution in [-0.2, 0) is 0 Å². The van der Waals surface area contributed by atoms with Gasteiger partial charge < -0.3 is 9.13 Å². The van der Waals surface area contributed by atoms with E-state index < -0.39 is 0 Å². The first-order chi connectivity index (χ1) is 29.5. The Morgan fingerprint density at radius 2 is 0.817 bits per heavy atom. The normalized spacial score (nSPS) is 10.9. The summed E-state index contributed by atoms with van der Waals surface area (Å²) >= 11 is 0. The Morgan fingerprint density at radius 3 is 1.33 bits per heavy atom. The van der Waals surface area contributed by atoms with Gasteiger partial charge in [0.05, 0.1) is 97.8 Å². The van der Waals surface area contributed by atoms with Crippen molar-refractivity contribution < 1.29 is 0 Å². The second-order valence-corrected chi connectivity index (χ2v) is 14.4. The Hall–Kier alpha value is -9.26. The van der Waals surface area contributed by atoms with Gasteiger partial charge in [-0.1, -0.05) is 66.7 Å². The summed E-state index contributed by atoms with van der Waals surface area (Å²) in [6.07, 6.45) is 3.65. The van der Waals surface area contributed by atoms with Crippen LogP contribution in [-0.4, -0.2) is 14.1 Å². The van der Waals surface area contributed by atoms with Crippen LogP contribution in [0.4, 0.5) is 0 Å². The van der Waals surface area contributed by atoms with Crippen LogP contribution in [0.2, 0.25) is 0 Å². The van der Waals surface area contributed by atoms with Crippen molar-refractivity contribution in [2.75, 3.05) is 0 Å². The van der Waals surface area contributed by atoms with Gasteiger partial charge in [-0.15, -0.1) is 0 Å². The molecule has 8 nitrogen and oxygen atoms in total. The Kier molecular flexibility index (Phi) is 8.23. The first-order valence-electron chi connectivity index (χ1n) is 19.0. The highest BCUT2D eigenvalue weighted by Gasteiger charge is 2.22. The third-order valence-corrected chi connectivity index (χ3v) is 11.2. The highest BCUT2D eigenvalue weighted by atomic mass is 15.0. The van der Waals surface area contributed by atoms with E-state index in [1.54, 1.807) is 30.5 Å². The minimum atomic E-state index is 0.425. The third-order valence-electron chi connectivity index (χ3n) is 11.2. The number of hydrogen-bond donors (Lipinski definition) is 0. The summed E-state index contributed by atoms with van der Waals surface area (Å²) in [5, 5.41) is 53.2. The Morgan fingerprint density at radius 1 is 0.367 bits per heavy atom. The largest absolute Gasteiger partial charge is 0.309 e. The number of nitrogens with zero attached hydrogens (tertiary/aromatic N) is 8.